The molecule has 1 saturated carbocycles. The lowest BCUT2D eigenvalue weighted by Crippen LogP contribution is -2.17. The number of nitrogens with one attached hydrogen (secondary N) is 1. The maximum absolute atomic E-state index is 11.6. The molecule has 0 amide bonds. The number of thiocarbonyl (C=S) groups is 1. The van der Waals surface area contributed by atoms with E-state index in [1.807, 2.05) is 0 Å². The second-order valence-corrected chi connectivity index (χ2v) is 6.19. The van der Waals surface area contributed by atoms with Crippen LogP contribution in [0.15, 0.2) is 24.3 Å². The van der Waals surface area contributed by atoms with Gasteiger partial charge in [-0.1, -0.05) is 12.2 Å². The third-order valence-electron chi connectivity index (χ3n) is 2.39. The van der Waals surface area contributed by atoms with E-state index in [0.29, 0.717) is 10.7 Å². The van der Waals surface area contributed by atoms with Crippen LogP contribution in [0.3, 0.4) is 0 Å². The van der Waals surface area contributed by atoms with Crippen molar-refractivity contribution in [3.05, 3.63) is 29.8 Å². The van der Waals surface area contributed by atoms with Crippen molar-refractivity contribution < 1.29 is 8.42 Å². The van der Waals surface area contributed by atoms with Gasteiger partial charge in [0.05, 0.1) is 5.25 Å². The van der Waals surface area contributed by atoms with Gasteiger partial charge in [0.25, 0.3) is 0 Å². The van der Waals surface area contributed by atoms with Gasteiger partial charge in [-0.15, -0.1) is 0 Å². The Balaban J connectivity index is 2.13. The van der Waals surface area contributed by atoms with Crippen LogP contribution in [0.25, 0.3) is 0 Å². The minimum atomic E-state index is -3.19. The Hall–Kier alpha value is -1.14. The van der Waals surface area contributed by atoms with Crippen LogP contribution in [-0.2, 0) is 10.0 Å². The monoisotopic (exact) mass is 256 g/mol. The summed E-state index contributed by atoms with van der Waals surface area (Å²) in [6.07, 6.45) is 1.50. The molecule has 1 aliphatic carbocycles. The van der Waals surface area contributed by atoms with Crippen molar-refractivity contribution in [3.8, 4) is 0 Å². The Labute approximate surface area is 99.9 Å². The number of hydrogen-bond donors (Lipinski definition) is 2. The third kappa shape index (κ3) is 2.51. The highest BCUT2D eigenvalue weighted by Gasteiger charge is 2.35. The summed E-state index contributed by atoms with van der Waals surface area (Å²) in [6, 6.07) is 6.73. The first-order valence-corrected chi connectivity index (χ1v) is 6.86. The smallest absolute Gasteiger partial charge is 0.235 e. The maximum atomic E-state index is 11.6. The van der Waals surface area contributed by atoms with Crippen LogP contribution in [0.4, 0.5) is 5.69 Å². The van der Waals surface area contributed by atoms with E-state index in [0.717, 1.165) is 18.4 Å². The van der Waals surface area contributed by atoms with Crippen molar-refractivity contribution in [1.29, 1.82) is 0 Å². The van der Waals surface area contributed by atoms with Crippen LogP contribution in [0, 0.1) is 0 Å². The quantitative estimate of drug-likeness (QED) is 0.795. The van der Waals surface area contributed by atoms with E-state index >= 15 is 0 Å². The first-order valence-electron chi connectivity index (χ1n) is 4.90. The van der Waals surface area contributed by atoms with Gasteiger partial charge in [-0.2, -0.15) is 0 Å². The predicted octanol–water partition coefficient (Wildman–Crippen LogP) is 1.22. The molecule has 1 aromatic rings. The molecule has 0 bridgehead atoms. The number of benzene rings is 1. The SMILES string of the molecule is NC(=S)c1ccc(NS(=O)(=O)C2CC2)cc1. The van der Waals surface area contributed by atoms with Crippen LogP contribution in [0.2, 0.25) is 0 Å². The normalized spacial score (nSPS) is 15.8. The lowest BCUT2D eigenvalue weighted by molar-refractivity contribution is 0.600. The molecule has 1 aromatic carbocycles. The molecular formula is C10H12N2O2S2. The number of nitrogens with two attached hydrogens (primary N) is 1. The van der Waals surface area contributed by atoms with E-state index in [-0.39, 0.29) is 5.25 Å². The summed E-state index contributed by atoms with van der Waals surface area (Å²) in [6.45, 7) is 0. The van der Waals surface area contributed by atoms with Crippen molar-refractivity contribution in [2.24, 2.45) is 5.73 Å². The largest absolute Gasteiger partial charge is 0.389 e. The van der Waals surface area contributed by atoms with Crippen LogP contribution >= 0.6 is 12.2 Å². The highest BCUT2D eigenvalue weighted by molar-refractivity contribution is 7.93. The Kier molecular flexibility index (Phi) is 2.86. The molecule has 0 saturated heterocycles. The van der Waals surface area contributed by atoms with E-state index in [9.17, 15) is 8.42 Å². The summed E-state index contributed by atoms with van der Waals surface area (Å²) < 4.78 is 25.8. The Morgan fingerprint density at radius 1 is 1.31 bits per heavy atom. The molecule has 1 fully saturated rings. The second kappa shape index (κ2) is 4.03. The number of sulfonamides is 1. The van der Waals surface area contributed by atoms with Gasteiger partial charge in [-0.3, -0.25) is 4.72 Å². The lowest BCUT2D eigenvalue weighted by Gasteiger charge is -2.07. The summed E-state index contributed by atoms with van der Waals surface area (Å²) >= 11 is 4.81. The molecule has 86 valence electrons. The second-order valence-electron chi connectivity index (χ2n) is 3.79. The average molecular weight is 256 g/mol. The minimum Gasteiger partial charge on any atom is -0.389 e. The molecule has 0 atom stereocenters. The highest BCUT2D eigenvalue weighted by Crippen LogP contribution is 2.29. The summed E-state index contributed by atoms with van der Waals surface area (Å²) in [5.41, 5.74) is 6.72. The predicted molar refractivity (Wildman–Crippen MR) is 67.9 cm³/mol. The van der Waals surface area contributed by atoms with Crippen LogP contribution < -0.4 is 10.5 Å². The molecule has 0 aromatic heterocycles. The number of anilines is 1. The minimum absolute atomic E-state index is 0.220. The summed E-state index contributed by atoms with van der Waals surface area (Å²) in [7, 11) is -3.19. The fraction of sp³-hybridized carbons (Fsp3) is 0.300. The molecular weight excluding hydrogens is 244 g/mol. The fourth-order valence-electron chi connectivity index (χ4n) is 1.33. The Morgan fingerprint density at radius 2 is 1.88 bits per heavy atom. The van der Waals surface area contributed by atoms with Gasteiger partial charge in [0.2, 0.25) is 10.0 Å². The van der Waals surface area contributed by atoms with E-state index < -0.39 is 10.0 Å². The first kappa shape index (κ1) is 11.3. The van der Waals surface area contributed by atoms with Crippen molar-refractivity contribution in [2.45, 2.75) is 18.1 Å². The Morgan fingerprint density at radius 3 is 2.31 bits per heavy atom. The van der Waals surface area contributed by atoms with Gasteiger partial charge in [0.1, 0.15) is 4.99 Å². The fourth-order valence-corrected chi connectivity index (χ4v) is 2.85. The maximum Gasteiger partial charge on any atom is 0.235 e. The van der Waals surface area contributed by atoms with Crippen molar-refractivity contribution >= 4 is 32.9 Å². The zero-order valence-electron chi connectivity index (χ0n) is 8.51. The van der Waals surface area contributed by atoms with Crippen LogP contribution in [0.1, 0.15) is 18.4 Å². The van der Waals surface area contributed by atoms with Gasteiger partial charge >= 0.3 is 0 Å². The molecule has 1 aliphatic rings. The van der Waals surface area contributed by atoms with Gasteiger partial charge in [-0.25, -0.2) is 8.42 Å². The van der Waals surface area contributed by atoms with Crippen molar-refractivity contribution in [3.63, 3.8) is 0 Å². The van der Waals surface area contributed by atoms with Gasteiger partial charge in [-0.05, 0) is 37.1 Å². The van der Waals surface area contributed by atoms with E-state index in [2.05, 4.69) is 4.72 Å². The molecule has 0 spiro atoms. The number of hydrogen-bond acceptors (Lipinski definition) is 3. The topological polar surface area (TPSA) is 72.2 Å². The van der Waals surface area contributed by atoms with Gasteiger partial charge < -0.3 is 5.73 Å². The lowest BCUT2D eigenvalue weighted by atomic mass is 10.2. The van der Waals surface area contributed by atoms with E-state index in [4.69, 9.17) is 18.0 Å². The molecule has 4 nitrogen and oxygen atoms in total. The van der Waals surface area contributed by atoms with Crippen LogP contribution in [0.5, 0.6) is 0 Å². The number of rotatable bonds is 4. The average Bonchev–Trinajstić information content (AvgIpc) is 3.01. The van der Waals surface area contributed by atoms with E-state index in [1.54, 1.807) is 24.3 Å². The molecule has 0 heterocycles. The molecule has 0 aliphatic heterocycles. The summed E-state index contributed by atoms with van der Waals surface area (Å²) in [5.74, 6) is 0. The van der Waals surface area contributed by atoms with Crippen molar-refractivity contribution in [2.75, 3.05) is 4.72 Å². The van der Waals surface area contributed by atoms with Crippen LogP contribution in [-0.4, -0.2) is 18.7 Å². The molecule has 0 radical (unpaired) electrons. The third-order valence-corrected chi connectivity index (χ3v) is 4.50. The van der Waals surface area contributed by atoms with Gasteiger partial charge in [0.15, 0.2) is 0 Å². The molecule has 2 rings (SSSR count). The van der Waals surface area contributed by atoms with E-state index in [1.165, 1.54) is 0 Å². The molecule has 16 heavy (non-hydrogen) atoms. The zero-order valence-corrected chi connectivity index (χ0v) is 10.1. The van der Waals surface area contributed by atoms with Gasteiger partial charge in [0, 0.05) is 11.3 Å². The summed E-state index contributed by atoms with van der Waals surface area (Å²) in [4.78, 5) is 0.302. The van der Waals surface area contributed by atoms with Crippen molar-refractivity contribution in [1.82, 2.24) is 0 Å². The first-order chi connectivity index (χ1) is 7.49. The highest BCUT2D eigenvalue weighted by atomic mass is 32.2. The summed E-state index contributed by atoms with van der Waals surface area (Å²) in [5, 5.41) is -0.220. The Bertz CT molecular complexity index is 504. The standard InChI is InChI=1S/C10H12N2O2S2/c11-10(15)7-1-3-8(4-2-7)12-16(13,14)9-5-6-9/h1-4,9,12H,5-6H2,(H2,11,15). The molecule has 6 heteroatoms. The zero-order chi connectivity index (χ0) is 11.8. The molecule has 0 unspecified atom stereocenters. The molecule has 3 N–H and O–H groups in total.